The molecular formula is C15H20IN3S. The Morgan fingerprint density at radius 1 is 1.30 bits per heavy atom. The van der Waals surface area contributed by atoms with Gasteiger partial charge in [0.05, 0.1) is 6.54 Å². The van der Waals surface area contributed by atoms with Gasteiger partial charge < -0.3 is 10.2 Å². The van der Waals surface area contributed by atoms with Gasteiger partial charge >= 0.3 is 0 Å². The molecule has 1 N–H and O–H groups in total. The summed E-state index contributed by atoms with van der Waals surface area (Å²) in [6.45, 7) is 9.31. The summed E-state index contributed by atoms with van der Waals surface area (Å²) in [5.41, 5.74) is 2.48. The monoisotopic (exact) mass is 401 g/mol. The number of thiazole rings is 1. The van der Waals surface area contributed by atoms with Gasteiger partial charge in [0.25, 0.3) is 0 Å². The molecule has 0 amide bonds. The second-order valence-electron chi connectivity index (χ2n) is 4.59. The zero-order valence-corrected chi connectivity index (χ0v) is 15.1. The normalized spacial score (nSPS) is 10.6. The number of nitrogens with one attached hydrogen (secondary N) is 1. The number of benzene rings is 1. The predicted molar refractivity (Wildman–Crippen MR) is 96.9 cm³/mol. The van der Waals surface area contributed by atoms with E-state index in [-0.39, 0.29) is 0 Å². The Kier molecular flexibility index (Phi) is 5.65. The molecule has 0 radical (unpaired) electrons. The van der Waals surface area contributed by atoms with Crippen LogP contribution in [0, 0.1) is 10.5 Å². The molecule has 0 atom stereocenters. The molecule has 20 heavy (non-hydrogen) atoms. The quantitative estimate of drug-likeness (QED) is 0.722. The van der Waals surface area contributed by atoms with Gasteiger partial charge in [0.15, 0.2) is 5.13 Å². The lowest BCUT2D eigenvalue weighted by Gasteiger charge is -2.16. The maximum absolute atomic E-state index is 4.51. The Morgan fingerprint density at radius 3 is 2.70 bits per heavy atom. The summed E-state index contributed by atoms with van der Waals surface area (Å²) in [7, 11) is 0. The first-order valence-corrected chi connectivity index (χ1v) is 8.73. The van der Waals surface area contributed by atoms with Crippen molar-refractivity contribution in [1.29, 1.82) is 0 Å². The minimum atomic E-state index is 0.834. The van der Waals surface area contributed by atoms with Gasteiger partial charge in [0.2, 0.25) is 0 Å². The maximum Gasteiger partial charge on any atom is 0.185 e. The Morgan fingerprint density at radius 2 is 2.05 bits per heavy atom. The number of hydrogen-bond donors (Lipinski definition) is 1. The maximum atomic E-state index is 4.51. The topological polar surface area (TPSA) is 28.2 Å². The molecule has 0 aliphatic heterocycles. The van der Waals surface area contributed by atoms with Crippen LogP contribution in [0.2, 0.25) is 0 Å². The van der Waals surface area contributed by atoms with Crippen LogP contribution < -0.4 is 10.2 Å². The number of aryl methyl sites for hydroxylation is 1. The van der Waals surface area contributed by atoms with Crippen molar-refractivity contribution in [1.82, 2.24) is 4.98 Å². The molecule has 5 heteroatoms. The first kappa shape index (κ1) is 15.6. The van der Waals surface area contributed by atoms with E-state index in [1.165, 1.54) is 19.7 Å². The van der Waals surface area contributed by atoms with Gasteiger partial charge in [0, 0.05) is 33.4 Å². The third-order valence-electron chi connectivity index (χ3n) is 3.22. The summed E-state index contributed by atoms with van der Waals surface area (Å²) < 4.78 is 1.27. The van der Waals surface area contributed by atoms with Crippen LogP contribution in [0.5, 0.6) is 0 Å². The van der Waals surface area contributed by atoms with Crippen LogP contribution in [0.1, 0.15) is 24.3 Å². The fourth-order valence-electron chi connectivity index (χ4n) is 2.03. The van der Waals surface area contributed by atoms with Gasteiger partial charge in [-0.15, -0.1) is 11.3 Å². The average molecular weight is 401 g/mol. The number of rotatable bonds is 6. The highest BCUT2D eigenvalue weighted by Crippen LogP contribution is 2.24. The largest absolute Gasteiger partial charge is 0.380 e. The lowest BCUT2D eigenvalue weighted by Crippen LogP contribution is -2.21. The molecule has 2 rings (SSSR count). The molecule has 0 bridgehead atoms. The summed E-state index contributed by atoms with van der Waals surface area (Å²) in [4.78, 5) is 8.06. The van der Waals surface area contributed by atoms with Crippen molar-refractivity contribution in [3.8, 4) is 0 Å². The van der Waals surface area contributed by atoms with Crippen molar-refractivity contribution >= 4 is 44.7 Å². The molecule has 3 nitrogen and oxygen atoms in total. The zero-order valence-electron chi connectivity index (χ0n) is 12.1. The molecule has 0 unspecified atom stereocenters. The molecule has 1 heterocycles. The molecule has 0 fully saturated rings. The predicted octanol–water partition coefficient (Wildman–Crippen LogP) is 4.51. The van der Waals surface area contributed by atoms with Crippen LogP contribution in [-0.2, 0) is 6.54 Å². The lowest BCUT2D eigenvalue weighted by atomic mass is 10.2. The van der Waals surface area contributed by atoms with E-state index in [0.717, 1.165) is 24.8 Å². The van der Waals surface area contributed by atoms with Crippen molar-refractivity contribution < 1.29 is 0 Å². The van der Waals surface area contributed by atoms with Crippen molar-refractivity contribution in [2.45, 2.75) is 27.3 Å². The van der Waals surface area contributed by atoms with E-state index in [1.54, 1.807) is 11.3 Å². The third-order valence-corrected chi connectivity index (χ3v) is 4.95. The second-order valence-corrected chi connectivity index (χ2v) is 6.93. The van der Waals surface area contributed by atoms with Gasteiger partial charge in [-0.25, -0.2) is 4.98 Å². The molecular weight excluding hydrogens is 381 g/mol. The van der Waals surface area contributed by atoms with Crippen molar-refractivity contribution in [3.05, 3.63) is 38.4 Å². The number of halogens is 1. The second kappa shape index (κ2) is 7.26. The van der Waals surface area contributed by atoms with Gasteiger partial charge in [-0.05, 0) is 67.1 Å². The van der Waals surface area contributed by atoms with Gasteiger partial charge in [-0.2, -0.15) is 0 Å². The van der Waals surface area contributed by atoms with E-state index < -0.39 is 0 Å². The van der Waals surface area contributed by atoms with Crippen molar-refractivity contribution in [2.24, 2.45) is 0 Å². The fourth-order valence-corrected chi connectivity index (χ4v) is 3.65. The lowest BCUT2D eigenvalue weighted by molar-refractivity contribution is 0.860. The Bertz CT molecular complexity index is 564. The first-order valence-electron chi connectivity index (χ1n) is 6.83. The standard InChI is InChI=1S/C15H20IN3S/c1-4-19(5-2)15-18-10-13(20-15)9-17-14-7-6-12(16)8-11(14)3/h6-8,10,17H,4-5,9H2,1-3H3. The van der Waals surface area contributed by atoms with E-state index >= 15 is 0 Å². The summed E-state index contributed by atoms with van der Waals surface area (Å²) in [6.07, 6.45) is 1.98. The minimum Gasteiger partial charge on any atom is -0.380 e. The van der Waals surface area contributed by atoms with Crippen LogP contribution in [0.25, 0.3) is 0 Å². The Balaban J connectivity index is 2.00. The molecule has 1 aromatic carbocycles. The number of anilines is 2. The molecule has 0 aliphatic rings. The van der Waals surface area contributed by atoms with E-state index in [0.29, 0.717) is 0 Å². The summed E-state index contributed by atoms with van der Waals surface area (Å²) in [5, 5.41) is 4.61. The molecule has 108 valence electrons. The van der Waals surface area contributed by atoms with Crippen LogP contribution in [0.15, 0.2) is 24.4 Å². The average Bonchev–Trinajstić information content (AvgIpc) is 2.88. The fraction of sp³-hybridized carbons (Fsp3) is 0.400. The van der Waals surface area contributed by atoms with Crippen molar-refractivity contribution in [2.75, 3.05) is 23.3 Å². The highest BCUT2D eigenvalue weighted by Gasteiger charge is 2.08. The van der Waals surface area contributed by atoms with E-state index in [1.807, 2.05) is 6.20 Å². The molecule has 0 spiro atoms. The highest BCUT2D eigenvalue weighted by atomic mass is 127. The summed E-state index contributed by atoms with van der Waals surface area (Å²) in [5.74, 6) is 0. The van der Waals surface area contributed by atoms with Crippen LogP contribution in [0.4, 0.5) is 10.8 Å². The third kappa shape index (κ3) is 3.85. The minimum absolute atomic E-state index is 0.834. The Hall–Kier alpha value is -0.820. The van der Waals surface area contributed by atoms with Gasteiger partial charge in [-0.3, -0.25) is 0 Å². The molecule has 0 saturated heterocycles. The van der Waals surface area contributed by atoms with Crippen molar-refractivity contribution in [3.63, 3.8) is 0 Å². The van der Waals surface area contributed by atoms with Crippen LogP contribution in [-0.4, -0.2) is 18.1 Å². The van der Waals surface area contributed by atoms with E-state index in [9.17, 15) is 0 Å². The van der Waals surface area contributed by atoms with Gasteiger partial charge in [0.1, 0.15) is 0 Å². The smallest absolute Gasteiger partial charge is 0.185 e. The van der Waals surface area contributed by atoms with Crippen LogP contribution in [0.3, 0.4) is 0 Å². The summed E-state index contributed by atoms with van der Waals surface area (Å²) >= 11 is 4.11. The zero-order chi connectivity index (χ0) is 14.5. The van der Waals surface area contributed by atoms with E-state index in [2.05, 4.69) is 76.8 Å². The Labute approximate surface area is 138 Å². The number of hydrogen-bond acceptors (Lipinski definition) is 4. The molecule has 0 saturated carbocycles. The highest BCUT2D eigenvalue weighted by molar-refractivity contribution is 14.1. The first-order chi connectivity index (χ1) is 9.63. The van der Waals surface area contributed by atoms with Crippen LogP contribution >= 0.6 is 33.9 Å². The molecule has 1 aromatic heterocycles. The van der Waals surface area contributed by atoms with E-state index in [4.69, 9.17) is 0 Å². The SMILES string of the molecule is CCN(CC)c1ncc(CNc2ccc(I)cc2C)s1. The number of aromatic nitrogens is 1. The molecule has 0 aliphatic carbocycles. The summed E-state index contributed by atoms with van der Waals surface area (Å²) in [6, 6.07) is 6.46. The number of nitrogens with zero attached hydrogens (tertiary/aromatic N) is 2. The molecule has 2 aromatic rings. The van der Waals surface area contributed by atoms with Gasteiger partial charge in [-0.1, -0.05) is 0 Å².